The van der Waals surface area contributed by atoms with Crippen LogP contribution in [0.3, 0.4) is 0 Å². The zero-order chi connectivity index (χ0) is 13.0. The van der Waals surface area contributed by atoms with Crippen molar-refractivity contribution in [2.24, 2.45) is 0 Å². The Hall–Kier alpha value is -0.670. The predicted molar refractivity (Wildman–Crippen MR) is 77.1 cm³/mol. The summed E-state index contributed by atoms with van der Waals surface area (Å²) in [5.74, 6) is 0.249. The Labute approximate surface area is 117 Å². The van der Waals surface area contributed by atoms with E-state index in [1.807, 2.05) is 24.3 Å². The molecule has 2 rings (SSSR count). The van der Waals surface area contributed by atoms with Crippen molar-refractivity contribution in [3.63, 3.8) is 0 Å². The number of carbonyl (C=O) groups excluding carboxylic acids is 1. The molecule has 1 aromatic carbocycles. The van der Waals surface area contributed by atoms with E-state index in [1.165, 1.54) is 37.0 Å². The second-order valence-corrected chi connectivity index (χ2v) is 6.21. The van der Waals surface area contributed by atoms with Gasteiger partial charge in [0.2, 0.25) is 5.78 Å². The van der Waals surface area contributed by atoms with E-state index >= 15 is 0 Å². The van der Waals surface area contributed by atoms with Gasteiger partial charge in [-0.3, -0.25) is 4.79 Å². The number of likely N-dealkylation sites (N-methyl/N-ethyl adjacent to an activating group) is 1. The Balaban J connectivity index is 1.94. The van der Waals surface area contributed by atoms with Crippen LogP contribution in [0.15, 0.2) is 28.7 Å². The molecule has 1 fully saturated rings. The van der Waals surface area contributed by atoms with Gasteiger partial charge in [0.15, 0.2) is 0 Å². The molecular formula is C15H21BrNO+. The topological polar surface area (TPSA) is 21.5 Å². The van der Waals surface area contributed by atoms with E-state index in [0.717, 1.165) is 10.0 Å². The van der Waals surface area contributed by atoms with Gasteiger partial charge in [0.25, 0.3) is 0 Å². The monoisotopic (exact) mass is 310 g/mol. The fourth-order valence-corrected chi connectivity index (χ4v) is 3.16. The Morgan fingerprint density at radius 1 is 1.33 bits per heavy atom. The molecule has 98 valence electrons. The van der Waals surface area contributed by atoms with Crippen molar-refractivity contribution in [3.05, 3.63) is 34.3 Å². The van der Waals surface area contributed by atoms with Crippen LogP contribution in [0.5, 0.6) is 0 Å². The summed E-state index contributed by atoms with van der Waals surface area (Å²) in [4.78, 5) is 13.6. The molecule has 1 unspecified atom stereocenters. The van der Waals surface area contributed by atoms with Crippen LogP contribution in [0.25, 0.3) is 0 Å². The highest BCUT2D eigenvalue weighted by molar-refractivity contribution is 9.10. The molecule has 1 aliphatic carbocycles. The zero-order valence-corrected chi connectivity index (χ0v) is 12.5. The molecule has 0 spiro atoms. The van der Waals surface area contributed by atoms with Gasteiger partial charge in [-0.05, 0) is 37.8 Å². The maximum Gasteiger partial charge on any atom is 0.216 e. The first-order valence-electron chi connectivity index (χ1n) is 6.78. The summed E-state index contributed by atoms with van der Waals surface area (Å²) in [6.45, 7) is 0.612. The van der Waals surface area contributed by atoms with Crippen LogP contribution < -0.4 is 4.90 Å². The molecule has 18 heavy (non-hydrogen) atoms. The second kappa shape index (κ2) is 6.48. The predicted octanol–water partition coefficient (Wildman–Crippen LogP) is 2.48. The minimum absolute atomic E-state index is 0.249. The van der Waals surface area contributed by atoms with Gasteiger partial charge >= 0.3 is 0 Å². The molecule has 0 aromatic heterocycles. The molecule has 0 heterocycles. The maximum absolute atomic E-state index is 12.2. The molecule has 1 aliphatic rings. The average Bonchev–Trinajstić information content (AvgIpc) is 2.39. The number of ketones is 1. The van der Waals surface area contributed by atoms with Crippen molar-refractivity contribution in [1.82, 2.24) is 0 Å². The first-order chi connectivity index (χ1) is 8.66. The fraction of sp³-hybridized carbons (Fsp3) is 0.533. The van der Waals surface area contributed by atoms with Crippen molar-refractivity contribution in [1.29, 1.82) is 0 Å². The van der Waals surface area contributed by atoms with E-state index < -0.39 is 0 Å². The van der Waals surface area contributed by atoms with Crippen LogP contribution in [0.4, 0.5) is 0 Å². The summed E-state index contributed by atoms with van der Waals surface area (Å²) in [5.41, 5.74) is 0.819. The third kappa shape index (κ3) is 3.66. The molecule has 1 aromatic rings. The maximum atomic E-state index is 12.2. The van der Waals surface area contributed by atoms with E-state index in [4.69, 9.17) is 0 Å². The number of halogens is 1. The molecule has 1 atom stereocenters. The number of hydrogen-bond donors (Lipinski definition) is 1. The summed E-state index contributed by atoms with van der Waals surface area (Å²) in [5, 5.41) is 0. The van der Waals surface area contributed by atoms with E-state index in [0.29, 0.717) is 12.6 Å². The second-order valence-electron chi connectivity index (χ2n) is 5.29. The molecule has 2 nitrogen and oxygen atoms in total. The Morgan fingerprint density at radius 3 is 2.72 bits per heavy atom. The van der Waals surface area contributed by atoms with Gasteiger partial charge in [-0.1, -0.05) is 34.5 Å². The van der Waals surface area contributed by atoms with E-state index in [1.54, 1.807) is 0 Å². The molecule has 0 bridgehead atoms. The first-order valence-corrected chi connectivity index (χ1v) is 7.57. The number of Topliss-reactive ketones (excluding diaryl/α,β-unsaturated/α-hetero) is 1. The molecular weight excluding hydrogens is 290 g/mol. The Kier molecular flexibility index (Phi) is 4.95. The van der Waals surface area contributed by atoms with Crippen LogP contribution in [0.1, 0.15) is 42.5 Å². The van der Waals surface area contributed by atoms with Gasteiger partial charge in [0, 0.05) is 10.0 Å². The lowest BCUT2D eigenvalue weighted by molar-refractivity contribution is -0.898. The molecule has 0 amide bonds. The highest BCUT2D eigenvalue weighted by Crippen LogP contribution is 2.15. The molecule has 0 radical (unpaired) electrons. The number of rotatable bonds is 4. The molecule has 3 heteroatoms. The SMILES string of the molecule is C[NH+](CC(=O)c1cccc(Br)c1)C1CCCCC1. The van der Waals surface area contributed by atoms with Crippen LogP contribution in [0, 0.1) is 0 Å². The smallest absolute Gasteiger partial charge is 0.216 e. The summed E-state index contributed by atoms with van der Waals surface area (Å²) in [7, 11) is 2.16. The number of nitrogens with one attached hydrogen (secondary N) is 1. The fourth-order valence-electron chi connectivity index (χ4n) is 2.76. The number of quaternary nitrogens is 1. The molecule has 1 N–H and O–H groups in total. The average molecular weight is 311 g/mol. The molecule has 1 saturated carbocycles. The summed E-state index contributed by atoms with van der Waals surface area (Å²) >= 11 is 3.41. The number of hydrogen-bond acceptors (Lipinski definition) is 1. The van der Waals surface area contributed by atoms with Crippen LogP contribution in [-0.4, -0.2) is 25.4 Å². The van der Waals surface area contributed by atoms with Gasteiger partial charge in [-0.2, -0.15) is 0 Å². The van der Waals surface area contributed by atoms with Gasteiger partial charge in [0.1, 0.15) is 6.54 Å². The highest BCUT2D eigenvalue weighted by atomic mass is 79.9. The van der Waals surface area contributed by atoms with Gasteiger partial charge in [-0.15, -0.1) is 0 Å². The van der Waals surface area contributed by atoms with E-state index in [9.17, 15) is 4.79 Å². The van der Waals surface area contributed by atoms with Crippen LogP contribution in [-0.2, 0) is 0 Å². The third-order valence-electron chi connectivity index (χ3n) is 3.89. The van der Waals surface area contributed by atoms with E-state index in [-0.39, 0.29) is 5.78 Å². The lowest BCUT2D eigenvalue weighted by Gasteiger charge is -2.27. The van der Waals surface area contributed by atoms with Crippen molar-refractivity contribution in [2.45, 2.75) is 38.1 Å². The summed E-state index contributed by atoms with van der Waals surface area (Å²) in [6, 6.07) is 8.37. The largest absolute Gasteiger partial charge is 0.328 e. The zero-order valence-electron chi connectivity index (χ0n) is 10.9. The Bertz CT molecular complexity index is 413. The van der Waals surface area contributed by atoms with Crippen molar-refractivity contribution in [3.8, 4) is 0 Å². The molecule has 0 saturated heterocycles. The summed E-state index contributed by atoms with van der Waals surface area (Å²) < 4.78 is 0.976. The van der Waals surface area contributed by atoms with Crippen LogP contribution >= 0.6 is 15.9 Å². The van der Waals surface area contributed by atoms with Gasteiger partial charge in [0.05, 0.1) is 13.1 Å². The molecule has 0 aliphatic heterocycles. The highest BCUT2D eigenvalue weighted by Gasteiger charge is 2.23. The van der Waals surface area contributed by atoms with Crippen molar-refractivity contribution >= 4 is 21.7 Å². The number of benzene rings is 1. The standard InChI is InChI=1S/C15H20BrNO/c1-17(14-8-3-2-4-9-14)11-15(18)12-6-5-7-13(16)10-12/h5-7,10,14H,2-4,8-9,11H2,1H3/p+1. The van der Waals surface area contributed by atoms with E-state index in [2.05, 4.69) is 23.0 Å². The number of carbonyl (C=O) groups is 1. The normalized spacial score (nSPS) is 18.6. The quantitative estimate of drug-likeness (QED) is 0.848. The lowest BCUT2D eigenvalue weighted by atomic mass is 9.94. The summed E-state index contributed by atoms with van der Waals surface area (Å²) in [6.07, 6.45) is 6.57. The van der Waals surface area contributed by atoms with Crippen molar-refractivity contribution in [2.75, 3.05) is 13.6 Å². The van der Waals surface area contributed by atoms with Crippen LogP contribution in [0.2, 0.25) is 0 Å². The first kappa shape index (κ1) is 13.8. The minimum atomic E-state index is 0.249. The Morgan fingerprint density at radius 2 is 2.06 bits per heavy atom. The van der Waals surface area contributed by atoms with Crippen molar-refractivity contribution < 1.29 is 9.69 Å². The third-order valence-corrected chi connectivity index (χ3v) is 4.38. The lowest BCUT2D eigenvalue weighted by Crippen LogP contribution is -3.14. The van der Waals surface area contributed by atoms with Gasteiger partial charge in [-0.25, -0.2) is 0 Å². The minimum Gasteiger partial charge on any atom is -0.328 e. The van der Waals surface area contributed by atoms with Gasteiger partial charge < -0.3 is 4.90 Å².